The zero-order valence-electron chi connectivity index (χ0n) is 10.1. The van der Waals surface area contributed by atoms with E-state index in [1.54, 1.807) is 0 Å². The van der Waals surface area contributed by atoms with Crippen molar-refractivity contribution in [3.8, 4) is 0 Å². The third-order valence-electron chi connectivity index (χ3n) is 3.14. The number of urea groups is 1. The Morgan fingerprint density at radius 1 is 1.47 bits per heavy atom. The number of nitrogens with one attached hydrogen (secondary N) is 1. The van der Waals surface area contributed by atoms with Crippen molar-refractivity contribution in [2.45, 2.75) is 18.9 Å². The van der Waals surface area contributed by atoms with Crippen molar-refractivity contribution in [2.24, 2.45) is 0 Å². The van der Waals surface area contributed by atoms with E-state index in [0.29, 0.717) is 19.3 Å². The van der Waals surface area contributed by atoms with Crippen molar-refractivity contribution < 1.29 is 14.3 Å². The minimum atomic E-state index is -0.282. The predicted molar refractivity (Wildman–Crippen MR) is 61.6 cm³/mol. The molecule has 3 amide bonds. The average molecular weight is 241 g/mol. The number of imide groups is 1. The summed E-state index contributed by atoms with van der Waals surface area (Å²) in [6, 6.07) is -0.282. The smallest absolute Gasteiger partial charge is 0.324 e. The molecule has 0 aromatic carbocycles. The molecule has 0 spiro atoms. The van der Waals surface area contributed by atoms with Crippen molar-refractivity contribution >= 4 is 11.9 Å². The van der Waals surface area contributed by atoms with Crippen molar-refractivity contribution in [1.29, 1.82) is 0 Å². The first kappa shape index (κ1) is 12.3. The highest BCUT2D eigenvalue weighted by Crippen LogP contribution is 2.10. The van der Waals surface area contributed by atoms with Crippen LogP contribution >= 0.6 is 0 Å². The van der Waals surface area contributed by atoms with Gasteiger partial charge in [-0.2, -0.15) is 0 Å². The van der Waals surface area contributed by atoms with Gasteiger partial charge in [0.05, 0.1) is 6.10 Å². The van der Waals surface area contributed by atoms with Gasteiger partial charge in [0.1, 0.15) is 6.54 Å². The Labute approximate surface area is 101 Å². The summed E-state index contributed by atoms with van der Waals surface area (Å²) in [4.78, 5) is 25.9. The maximum absolute atomic E-state index is 11.2. The molecule has 17 heavy (non-hydrogen) atoms. The number of likely N-dealkylation sites (N-methyl/N-ethyl adjacent to an activating group) is 1. The molecule has 0 aromatic rings. The highest BCUT2D eigenvalue weighted by molar-refractivity contribution is 6.01. The first-order chi connectivity index (χ1) is 8.15. The second-order valence-corrected chi connectivity index (χ2v) is 4.67. The fourth-order valence-electron chi connectivity index (χ4n) is 2.20. The van der Waals surface area contributed by atoms with Crippen LogP contribution in [0.3, 0.4) is 0 Å². The summed E-state index contributed by atoms with van der Waals surface area (Å²) in [6.45, 7) is 3.50. The number of hydrogen-bond acceptors (Lipinski definition) is 4. The molecular weight excluding hydrogens is 222 g/mol. The maximum Gasteiger partial charge on any atom is 0.324 e. The molecule has 6 heteroatoms. The average Bonchev–Trinajstić information content (AvgIpc) is 2.81. The van der Waals surface area contributed by atoms with Crippen LogP contribution in [0, 0.1) is 0 Å². The van der Waals surface area contributed by atoms with Crippen molar-refractivity contribution in [3.63, 3.8) is 0 Å². The Balaban J connectivity index is 1.57. The number of ether oxygens (including phenoxy) is 1. The van der Waals surface area contributed by atoms with Gasteiger partial charge in [-0.3, -0.25) is 10.1 Å². The topological polar surface area (TPSA) is 61.9 Å². The van der Waals surface area contributed by atoms with E-state index in [-0.39, 0.29) is 18.5 Å². The maximum atomic E-state index is 11.2. The van der Waals surface area contributed by atoms with Gasteiger partial charge in [0, 0.05) is 26.2 Å². The van der Waals surface area contributed by atoms with Gasteiger partial charge < -0.3 is 14.5 Å². The summed E-state index contributed by atoms with van der Waals surface area (Å²) >= 11 is 0. The molecule has 0 radical (unpaired) electrons. The van der Waals surface area contributed by atoms with Gasteiger partial charge in [-0.05, 0) is 19.9 Å². The van der Waals surface area contributed by atoms with Crippen LogP contribution in [0.4, 0.5) is 4.79 Å². The Hall–Kier alpha value is -1.14. The van der Waals surface area contributed by atoms with Gasteiger partial charge in [-0.1, -0.05) is 0 Å². The fourth-order valence-corrected chi connectivity index (χ4v) is 2.20. The van der Waals surface area contributed by atoms with Crippen LogP contribution in [-0.2, 0) is 9.53 Å². The molecule has 2 fully saturated rings. The van der Waals surface area contributed by atoms with E-state index < -0.39 is 0 Å². The van der Waals surface area contributed by atoms with Crippen molar-refractivity contribution in [1.82, 2.24) is 15.1 Å². The number of rotatable bonds is 5. The van der Waals surface area contributed by atoms with E-state index in [1.165, 1.54) is 4.90 Å². The van der Waals surface area contributed by atoms with E-state index in [0.717, 1.165) is 25.9 Å². The monoisotopic (exact) mass is 241 g/mol. The highest BCUT2D eigenvalue weighted by atomic mass is 16.5. The summed E-state index contributed by atoms with van der Waals surface area (Å²) in [7, 11) is 2.09. The zero-order chi connectivity index (χ0) is 12.3. The molecule has 0 bridgehead atoms. The molecule has 2 rings (SSSR count). The molecule has 0 aliphatic carbocycles. The van der Waals surface area contributed by atoms with E-state index in [2.05, 4.69) is 17.3 Å². The van der Waals surface area contributed by atoms with Crippen LogP contribution in [0.1, 0.15) is 12.8 Å². The lowest BCUT2D eigenvalue weighted by Crippen LogP contribution is -2.30. The molecule has 1 atom stereocenters. The van der Waals surface area contributed by atoms with Crippen molar-refractivity contribution in [3.05, 3.63) is 0 Å². The number of likely N-dealkylation sites (tertiary alicyclic amines) is 1. The van der Waals surface area contributed by atoms with E-state index >= 15 is 0 Å². The first-order valence-corrected chi connectivity index (χ1v) is 6.04. The minimum absolute atomic E-state index is 0.186. The molecule has 2 aliphatic heterocycles. The number of hydrogen-bond donors (Lipinski definition) is 1. The molecule has 1 N–H and O–H groups in total. The van der Waals surface area contributed by atoms with Crippen LogP contribution in [0.15, 0.2) is 0 Å². The highest BCUT2D eigenvalue weighted by Gasteiger charge is 2.26. The van der Waals surface area contributed by atoms with E-state index in [9.17, 15) is 9.59 Å². The molecule has 6 nitrogen and oxygen atoms in total. The summed E-state index contributed by atoms with van der Waals surface area (Å²) in [6.07, 6.45) is 2.19. The Morgan fingerprint density at radius 3 is 2.88 bits per heavy atom. The molecular formula is C11H19N3O3. The minimum Gasteiger partial charge on any atom is -0.377 e. The molecule has 96 valence electrons. The number of carbonyl (C=O) groups excluding carboxylic acids is 2. The number of amides is 3. The summed E-state index contributed by atoms with van der Waals surface area (Å²) in [5, 5.41) is 2.26. The van der Waals surface area contributed by atoms with Gasteiger partial charge in [0.25, 0.3) is 0 Å². The Morgan fingerprint density at radius 2 is 2.29 bits per heavy atom. The fraction of sp³-hybridized carbons (Fsp3) is 0.818. The van der Waals surface area contributed by atoms with Gasteiger partial charge >= 0.3 is 6.03 Å². The lowest BCUT2D eigenvalue weighted by atomic mass is 10.3. The van der Waals surface area contributed by atoms with E-state index in [1.807, 2.05) is 0 Å². The quantitative estimate of drug-likeness (QED) is 0.528. The summed E-state index contributed by atoms with van der Waals surface area (Å²) in [5.74, 6) is -0.215. The van der Waals surface area contributed by atoms with Crippen LogP contribution in [0.25, 0.3) is 0 Å². The lowest BCUT2D eigenvalue weighted by Gasteiger charge is -2.15. The van der Waals surface area contributed by atoms with Crippen LogP contribution in [0.5, 0.6) is 0 Å². The predicted octanol–water partition coefficient (Wildman–Crippen LogP) is -0.351. The zero-order valence-corrected chi connectivity index (χ0v) is 10.1. The standard InChI is InChI=1S/C11H19N3O3/c1-13-5-3-9(7-13)17-6-2-4-14-8-10(15)12-11(14)16/h9H,2-8H2,1H3,(H,12,15,16)/t9-/m0/s1. The van der Waals surface area contributed by atoms with Gasteiger partial charge in [0.2, 0.25) is 5.91 Å². The molecule has 2 saturated heterocycles. The van der Waals surface area contributed by atoms with Crippen LogP contribution in [-0.4, -0.2) is 67.7 Å². The second-order valence-electron chi connectivity index (χ2n) is 4.67. The number of nitrogens with zero attached hydrogens (tertiary/aromatic N) is 2. The SMILES string of the molecule is CN1CC[C@H](OCCCN2CC(=O)NC2=O)C1. The Kier molecular flexibility index (Phi) is 3.96. The van der Waals surface area contributed by atoms with Gasteiger partial charge in [-0.15, -0.1) is 0 Å². The third-order valence-corrected chi connectivity index (χ3v) is 3.14. The largest absolute Gasteiger partial charge is 0.377 e. The molecule has 2 aliphatic rings. The number of carbonyl (C=O) groups is 2. The van der Waals surface area contributed by atoms with Crippen LogP contribution < -0.4 is 5.32 Å². The third kappa shape index (κ3) is 3.41. The molecule has 2 heterocycles. The second kappa shape index (κ2) is 5.46. The lowest BCUT2D eigenvalue weighted by molar-refractivity contribution is -0.118. The summed E-state index contributed by atoms with van der Waals surface area (Å²) < 4.78 is 5.71. The van der Waals surface area contributed by atoms with Crippen molar-refractivity contribution in [2.75, 3.05) is 39.8 Å². The molecule has 0 unspecified atom stereocenters. The van der Waals surface area contributed by atoms with Crippen LogP contribution in [0.2, 0.25) is 0 Å². The van der Waals surface area contributed by atoms with E-state index in [4.69, 9.17) is 4.74 Å². The normalized spacial score (nSPS) is 25.7. The van der Waals surface area contributed by atoms with Gasteiger partial charge in [-0.25, -0.2) is 4.79 Å². The Bertz CT molecular complexity index is 308. The summed E-state index contributed by atoms with van der Waals surface area (Å²) in [5.41, 5.74) is 0. The first-order valence-electron chi connectivity index (χ1n) is 6.04. The molecule has 0 saturated carbocycles. The molecule has 0 aromatic heterocycles. The van der Waals surface area contributed by atoms with Gasteiger partial charge in [0.15, 0.2) is 0 Å².